The molecule has 3 aromatic rings. The fourth-order valence-electron chi connectivity index (χ4n) is 8.03. The summed E-state index contributed by atoms with van der Waals surface area (Å²) >= 11 is 6.72. The molecule has 0 radical (unpaired) electrons. The van der Waals surface area contributed by atoms with Crippen LogP contribution in [0.4, 0.5) is 11.5 Å². The van der Waals surface area contributed by atoms with Gasteiger partial charge in [-0.25, -0.2) is 8.42 Å². The lowest BCUT2D eigenvalue weighted by atomic mass is 9.95. The van der Waals surface area contributed by atoms with Crippen molar-refractivity contribution in [2.45, 2.75) is 74.7 Å². The molecule has 1 aromatic heterocycles. The first-order valence-corrected chi connectivity index (χ1v) is 17.6. The van der Waals surface area contributed by atoms with Crippen LogP contribution in [0.2, 0.25) is 5.02 Å². The van der Waals surface area contributed by atoms with E-state index in [1.54, 1.807) is 0 Å². The quantitative estimate of drug-likeness (QED) is 0.314. The average molecular weight is 622 g/mol. The highest BCUT2D eigenvalue weighted by molar-refractivity contribution is 7.94. The summed E-state index contributed by atoms with van der Waals surface area (Å²) in [6, 6.07) is 12.8. The van der Waals surface area contributed by atoms with E-state index in [-0.39, 0.29) is 11.6 Å². The Morgan fingerprint density at radius 3 is 2.65 bits per heavy atom. The van der Waals surface area contributed by atoms with Crippen molar-refractivity contribution in [3.63, 3.8) is 0 Å². The van der Waals surface area contributed by atoms with E-state index in [0.29, 0.717) is 32.0 Å². The van der Waals surface area contributed by atoms with Crippen LogP contribution in [0.5, 0.6) is 6.01 Å². The number of aromatic nitrogens is 2. The Morgan fingerprint density at radius 2 is 1.88 bits per heavy atom. The minimum absolute atomic E-state index is 0.0697. The molecule has 0 amide bonds. The van der Waals surface area contributed by atoms with Gasteiger partial charge in [0.25, 0.3) is 0 Å². The normalized spacial score (nSPS) is 23.3. The molecular weight excluding hydrogens is 582 g/mol. The van der Waals surface area contributed by atoms with Gasteiger partial charge in [0.05, 0.1) is 28.1 Å². The molecule has 2 saturated heterocycles. The maximum Gasteiger partial charge on any atom is 0.318 e. The van der Waals surface area contributed by atoms with Crippen LogP contribution in [0.1, 0.15) is 56.2 Å². The van der Waals surface area contributed by atoms with Crippen molar-refractivity contribution in [3.8, 4) is 6.01 Å². The predicted molar refractivity (Wildman–Crippen MR) is 173 cm³/mol. The SMILES string of the molecule is C=CS(=O)(=O)C1CCC(N(C)c2nc(OCC34CCCN3CCC4)nc3c2CCN(c2cccc4cccc(Cl)c24)C3)C1. The molecule has 2 atom stereocenters. The molecule has 3 aliphatic heterocycles. The molecule has 2 unspecified atom stereocenters. The van der Waals surface area contributed by atoms with E-state index in [1.807, 2.05) is 19.2 Å². The van der Waals surface area contributed by atoms with Crippen molar-refractivity contribution in [2.24, 2.45) is 0 Å². The number of hydrogen-bond donors (Lipinski definition) is 0. The first-order valence-electron chi connectivity index (χ1n) is 15.6. The highest BCUT2D eigenvalue weighted by atomic mass is 35.5. The molecule has 0 spiro atoms. The number of halogens is 1. The largest absolute Gasteiger partial charge is 0.461 e. The van der Waals surface area contributed by atoms with Crippen LogP contribution in [0.25, 0.3) is 10.8 Å². The van der Waals surface area contributed by atoms with E-state index in [2.05, 4.69) is 45.5 Å². The number of fused-ring (bicyclic) bond motifs is 3. The number of nitrogens with zero attached hydrogens (tertiary/aromatic N) is 5. The van der Waals surface area contributed by atoms with Crippen LogP contribution in [0.15, 0.2) is 48.4 Å². The molecule has 7 rings (SSSR count). The van der Waals surface area contributed by atoms with Crippen molar-refractivity contribution in [2.75, 3.05) is 43.1 Å². The zero-order valence-corrected chi connectivity index (χ0v) is 26.4. The smallest absolute Gasteiger partial charge is 0.318 e. The maximum absolute atomic E-state index is 12.6. The lowest BCUT2D eigenvalue weighted by Crippen LogP contribution is -2.43. The summed E-state index contributed by atoms with van der Waals surface area (Å²) < 4.78 is 31.7. The van der Waals surface area contributed by atoms with Gasteiger partial charge in [0.2, 0.25) is 0 Å². The summed E-state index contributed by atoms with van der Waals surface area (Å²) in [5.41, 5.74) is 3.27. The number of benzene rings is 2. The van der Waals surface area contributed by atoms with E-state index in [0.717, 1.165) is 89.3 Å². The Labute approximate surface area is 259 Å². The fraction of sp³-hybridized carbons (Fsp3) is 0.515. The molecule has 4 aliphatic rings. The maximum atomic E-state index is 12.6. The second-order valence-electron chi connectivity index (χ2n) is 12.7. The van der Waals surface area contributed by atoms with Gasteiger partial charge in [0, 0.05) is 41.7 Å². The zero-order chi connectivity index (χ0) is 29.8. The van der Waals surface area contributed by atoms with Gasteiger partial charge in [-0.05, 0) is 82.0 Å². The third-order valence-electron chi connectivity index (χ3n) is 10.4. The van der Waals surface area contributed by atoms with E-state index < -0.39 is 15.1 Å². The van der Waals surface area contributed by atoms with E-state index >= 15 is 0 Å². The minimum atomic E-state index is -3.30. The van der Waals surface area contributed by atoms with Crippen LogP contribution in [-0.4, -0.2) is 73.4 Å². The van der Waals surface area contributed by atoms with Crippen molar-refractivity contribution in [1.29, 1.82) is 0 Å². The lowest BCUT2D eigenvalue weighted by molar-refractivity contribution is 0.107. The summed E-state index contributed by atoms with van der Waals surface area (Å²) in [6.07, 6.45) is 7.50. The van der Waals surface area contributed by atoms with Gasteiger partial charge < -0.3 is 14.5 Å². The first-order chi connectivity index (χ1) is 20.8. The third kappa shape index (κ3) is 5.17. The Morgan fingerprint density at radius 1 is 1.12 bits per heavy atom. The second-order valence-corrected chi connectivity index (χ2v) is 15.3. The van der Waals surface area contributed by atoms with Gasteiger partial charge in [-0.2, -0.15) is 9.97 Å². The zero-order valence-electron chi connectivity index (χ0n) is 24.8. The van der Waals surface area contributed by atoms with E-state index in [9.17, 15) is 8.42 Å². The Balaban J connectivity index is 1.22. The summed E-state index contributed by atoms with van der Waals surface area (Å²) in [5, 5.41) is 3.63. The third-order valence-corrected chi connectivity index (χ3v) is 12.5. The number of anilines is 2. The Bertz CT molecular complexity index is 1650. The molecule has 3 fully saturated rings. The monoisotopic (exact) mass is 621 g/mol. The van der Waals surface area contributed by atoms with Gasteiger partial charge in [-0.1, -0.05) is 42.4 Å². The van der Waals surface area contributed by atoms with Gasteiger partial charge in [-0.3, -0.25) is 4.90 Å². The van der Waals surface area contributed by atoms with Crippen molar-refractivity contribution in [1.82, 2.24) is 14.9 Å². The molecule has 10 heteroatoms. The van der Waals surface area contributed by atoms with Gasteiger partial charge in [0.1, 0.15) is 12.4 Å². The number of hydrogen-bond acceptors (Lipinski definition) is 8. The molecule has 43 heavy (non-hydrogen) atoms. The standard InChI is InChI=1S/C33H40ClN5O3S/c1-3-43(40,41)25-13-12-24(20-25)37(2)31-26-14-19-38(29-11-5-9-23-8-4-10-27(34)30(23)29)21-28(26)35-32(36-31)42-22-33-15-6-17-39(33)18-7-16-33/h3-5,8-11,24-25H,1,6-7,12-22H2,2H3. The summed E-state index contributed by atoms with van der Waals surface area (Å²) in [4.78, 5) is 17.2. The first kappa shape index (κ1) is 28.9. The average Bonchev–Trinajstić information content (AvgIpc) is 3.76. The molecule has 228 valence electrons. The Hall–Kier alpha value is -2.88. The number of sulfone groups is 1. The highest BCUT2D eigenvalue weighted by Crippen LogP contribution is 2.41. The lowest BCUT2D eigenvalue weighted by Gasteiger charge is -2.35. The van der Waals surface area contributed by atoms with Crippen LogP contribution < -0.4 is 14.5 Å². The van der Waals surface area contributed by atoms with Crippen molar-refractivity contribution >= 4 is 43.7 Å². The fourth-order valence-corrected chi connectivity index (χ4v) is 9.53. The highest BCUT2D eigenvalue weighted by Gasteiger charge is 2.45. The molecule has 8 nitrogen and oxygen atoms in total. The van der Waals surface area contributed by atoms with Crippen LogP contribution in [-0.2, 0) is 22.8 Å². The topological polar surface area (TPSA) is 78.9 Å². The van der Waals surface area contributed by atoms with Crippen LogP contribution in [0, 0.1) is 0 Å². The number of rotatable bonds is 8. The predicted octanol–water partition coefficient (Wildman–Crippen LogP) is 5.77. The molecule has 1 saturated carbocycles. The summed E-state index contributed by atoms with van der Waals surface area (Å²) in [5.74, 6) is 0.865. The van der Waals surface area contributed by atoms with Crippen molar-refractivity contribution in [3.05, 3.63) is 64.7 Å². The second kappa shape index (κ2) is 11.2. The molecule has 0 bridgehead atoms. The molecule has 0 N–H and O–H groups in total. The van der Waals surface area contributed by atoms with E-state index in [1.165, 1.54) is 12.8 Å². The molecule has 2 aromatic carbocycles. The molecule has 4 heterocycles. The summed E-state index contributed by atoms with van der Waals surface area (Å²) in [7, 11) is -1.25. The van der Waals surface area contributed by atoms with Crippen LogP contribution in [0.3, 0.4) is 0 Å². The van der Waals surface area contributed by atoms with Crippen LogP contribution >= 0.6 is 11.6 Å². The van der Waals surface area contributed by atoms with Gasteiger partial charge in [0.15, 0.2) is 9.84 Å². The minimum Gasteiger partial charge on any atom is -0.461 e. The summed E-state index contributed by atoms with van der Waals surface area (Å²) in [6.45, 7) is 7.85. The Kier molecular flexibility index (Phi) is 7.54. The number of ether oxygens (including phenoxy) is 1. The van der Waals surface area contributed by atoms with Gasteiger partial charge in [-0.15, -0.1) is 0 Å². The van der Waals surface area contributed by atoms with Gasteiger partial charge >= 0.3 is 6.01 Å². The molecular formula is C33H40ClN5O3S. The van der Waals surface area contributed by atoms with E-state index in [4.69, 9.17) is 26.3 Å². The molecule has 1 aliphatic carbocycles. The van der Waals surface area contributed by atoms with Crippen molar-refractivity contribution < 1.29 is 13.2 Å².